The highest BCUT2D eigenvalue weighted by Crippen LogP contribution is 2.50. The van der Waals surface area contributed by atoms with Gasteiger partial charge in [-0.25, -0.2) is 0 Å². The molecule has 0 radical (unpaired) electrons. The minimum Gasteiger partial charge on any atom is -0.378 e. The van der Waals surface area contributed by atoms with Gasteiger partial charge in [-0.1, -0.05) is 34.1 Å². The van der Waals surface area contributed by atoms with E-state index in [-0.39, 0.29) is 0 Å². The van der Waals surface area contributed by atoms with E-state index < -0.39 is 0 Å². The van der Waals surface area contributed by atoms with Crippen LogP contribution in [0, 0.1) is 23.2 Å². The average Bonchev–Trinajstić information content (AvgIpc) is 2.58. The maximum atomic E-state index is 5.96. The topological polar surface area (TPSA) is 9.23 Å². The molecule has 1 aliphatic carbocycles. The second-order valence-corrected chi connectivity index (χ2v) is 6.22. The number of hydrogen-bond acceptors (Lipinski definition) is 1. The molecule has 1 aliphatic heterocycles. The van der Waals surface area contributed by atoms with Crippen molar-refractivity contribution in [3.8, 4) is 0 Å². The maximum Gasteiger partial charge on any atom is 0.0612 e. The Balaban J connectivity index is 2.04. The van der Waals surface area contributed by atoms with Crippen LogP contribution in [-0.2, 0) is 4.74 Å². The van der Waals surface area contributed by atoms with Gasteiger partial charge in [-0.15, -0.1) is 0 Å². The van der Waals surface area contributed by atoms with Gasteiger partial charge in [0.2, 0.25) is 0 Å². The minimum absolute atomic E-state index is 0.542. The van der Waals surface area contributed by atoms with Gasteiger partial charge < -0.3 is 4.74 Å². The third-order valence-electron chi connectivity index (χ3n) is 5.30. The molecular weight excluding hydrogens is 184 g/mol. The number of ether oxygens (including phenoxy) is 1. The minimum atomic E-state index is 0.542. The van der Waals surface area contributed by atoms with Crippen molar-refractivity contribution in [3.05, 3.63) is 0 Å². The molecule has 1 heteroatoms. The summed E-state index contributed by atoms with van der Waals surface area (Å²) in [5.74, 6) is 2.51. The first-order valence-corrected chi connectivity index (χ1v) is 6.68. The van der Waals surface area contributed by atoms with Gasteiger partial charge in [0, 0.05) is 6.61 Å². The molecule has 0 spiro atoms. The maximum absolute atomic E-state index is 5.96. The third-order valence-corrected chi connectivity index (χ3v) is 5.30. The molecule has 88 valence electrons. The molecule has 15 heavy (non-hydrogen) atoms. The smallest absolute Gasteiger partial charge is 0.0612 e. The van der Waals surface area contributed by atoms with Crippen LogP contribution >= 0.6 is 0 Å². The van der Waals surface area contributed by atoms with Gasteiger partial charge >= 0.3 is 0 Å². The molecule has 0 aromatic carbocycles. The molecule has 0 amide bonds. The Hall–Kier alpha value is -0.0400. The lowest BCUT2D eigenvalue weighted by atomic mass is 9.62. The van der Waals surface area contributed by atoms with Crippen LogP contribution in [0.25, 0.3) is 0 Å². The van der Waals surface area contributed by atoms with E-state index in [4.69, 9.17) is 4.74 Å². The van der Waals surface area contributed by atoms with Crippen molar-refractivity contribution in [1.82, 2.24) is 0 Å². The summed E-state index contributed by atoms with van der Waals surface area (Å²) < 4.78 is 5.96. The van der Waals surface area contributed by atoms with Crippen molar-refractivity contribution in [3.63, 3.8) is 0 Å². The second kappa shape index (κ2) is 4.08. The molecule has 4 unspecified atom stereocenters. The van der Waals surface area contributed by atoms with Crippen molar-refractivity contribution in [2.24, 2.45) is 23.2 Å². The van der Waals surface area contributed by atoms with Gasteiger partial charge in [0.05, 0.1) is 6.10 Å². The summed E-state index contributed by atoms with van der Waals surface area (Å²) in [5.41, 5.74) is 0.542. The van der Waals surface area contributed by atoms with Gasteiger partial charge in [0.15, 0.2) is 0 Å². The van der Waals surface area contributed by atoms with Crippen LogP contribution in [0.4, 0.5) is 0 Å². The van der Waals surface area contributed by atoms with Crippen molar-refractivity contribution < 1.29 is 4.74 Å². The molecule has 1 saturated carbocycles. The largest absolute Gasteiger partial charge is 0.378 e. The summed E-state index contributed by atoms with van der Waals surface area (Å²) in [4.78, 5) is 0. The van der Waals surface area contributed by atoms with E-state index in [1.54, 1.807) is 0 Å². The zero-order chi connectivity index (χ0) is 11.1. The first-order valence-electron chi connectivity index (χ1n) is 6.68. The monoisotopic (exact) mass is 210 g/mol. The fraction of sp³-hybridized carbons (Fsp3) is 1.00. The van der Waals surface area contributed by atoms with Crippen LogP contribution in [0.2, 0.25) is 0 Å². The first-order chi connectivity index (χ1) is 7.07. The lowest BCUT2D eigenvalue weighted by Crippen LogP contribution is -2.38. The van der Waals surface area contributed by atoms with Crippen molar-refractivity contribution >= 4 is 0 Å². The van der Waals surface area contributed by atoms with Crippen LogP contribution < -0.4 is 0 Å². The molecule has 2 rings (SSSR count). The Morgan fingerprint density at radius 1 is 1.47 bits per heavy atom. The van der Waals surface area contributed by atoms with Crippen LogP contribution in [0.15, 0.2) is 0 Å². The Kier molecular flexibility index (Phi) is 3.12. The molecule has 0 N–H and O–H groups in total. The predicted molar refractivity (Wildman–Crippen MR) is 63.8 cm³/mol. The molecule has 0 bridgehead atoms. The van der Waals surface area contributed by atoms with E-state index in [0.29, 0.717) is 11.5 Å². The molecular formula is C14H26O. The van der Waals surface area contributed by atoms with E-state index >= 15 is 0 Å². The summed E-state index contributed by atoms with van der Waals surface area (Å²) in [5, 5.41) is 0. The van der Waals surface area contributed by atoms with E-state index in [2.05, 4.69) is 27.7 Å². The van der Waals surface area contributed by atoms with Crippen molar-refractivity contribution in [1.29, 1.82) is 0 Å². The van der Waals surface area contributed by atoms with Gasteiger partial charge in [-0.3, -0.25) is 0 Å². The Labute approximate surface area is 94.6 Å². The molecule has 2 aliphatic rings. The number of hydrogen-bond donors (Lipinski definition) is 0. The van der Waals surface area contributed by atoms with E-state index in [1.807, 2.05) is 0 Å². The molecule has 1 saturated heterocycles. The summed E-state index contributed by atoms with van der Waals surface area (Å²) in [6.07, 6.45) is 6.00. The first kappa shape index (κ1) is 11.4. The zero-order valence-electron chi connectivity index (χ0n) is 10.8. The van der Waals surface area contributed by atoms with Gasteiger partial charge in [0.25, 0.3) is 0 Å². The number of fused-ring (bicyclic) bond motifs is 1. The van der Waals surface area contributed by atoms with E-state index in [9.17, 15) is 0 Å². The van der Waals surface area contributed by atoms with Crippen LogP contribution in [0.5, 0.6) is 0 Å². The fourth-order valence-electron chi connectivity index (χ4n) is 3.57. The standard InChI is InChI=1S/C14H26O/c1-5-11(3)14(4)7-6-12-10(2)9-15-13(12)8-14/h10-13H,5-9H2,1-4H3/t10?,11?,12-,13?,14?/m0/s1. The summed E-state index contributed by atoms with van der Waals surface area (Å²) in [6.45, 7) is 10.6. The lowest BCUT2D eigenvalue weighted by Gasteiger charge is -2.44. The van der Waals surface area contributed by atoms with Gasteiger partial charge in [-0.2, -0.15) is 0 Å². The van der Waals surface area contributed by atoms with Crippen LogP contribution in [0.3, 0.4) is 0 Å². The normalized spacial score (nSPS) is 47.6. The Bertz CT molecular complexity index is 225. The van der Waals surface area contributed by atoms with Gasteiger partial charge in [0.1, 0.15) is 0 Å². The number of rotatable bonds is 2. The highest BCUT2D eigenvalue weighted by molar-refractivity contribution is 4.94. The predicted octanol–water partition coefficient (Wildman–Crippen LogP) is 3.87. The van der Waals surface area contributed by atoms with E-state index in [1.165, 1.54) is 25.7 Å². The highest BCUT2D eigenvalue weighted by Gasteiger charge is 2.45. The van der Waals surface area contributed by atoms with Crippen LogP contribution in [0.1, 0.15) is 53.4 Å². The summed E-state index contributed by atoms with van der Waals surface area (Å²) >= 11 is 0. The molecule has 1 heterocycles. The molecule has 0 aromatic heterocycles. The average molecular weight is 210 g/mol. The quantitative estimate of drug-likeness (QED) is 0.672. The third kappa shape index (κ3) is 1.95. The van der Waals surface area contributed by atoms with E-state index in [0.717, 1.165) is 24.4 Å². The molecule has 5 atom stereocenters. The highest BCUT2D eigenvalue weighted by atomic mass is 16.5. The fourth-order valence-corrected chi connectivity index (χ4v) is 3.57. The summed E-state index contributed by atoms with van der Waals surface area (Å²) in [7, 11) is 0. The lowest BCUT2D eigenvalue weighted by molar-refractivity contribution is -0.00995. The molecule has 0 aromatic rings. The van der Waals surface area contributed by atoms with Crippen molar-refractivity contribution in [2.75, 3.05) is 6.61 Å². The van der Waals surface area contributed by atoms with Crippen LogP contribution in [-0.4, -0.2) is 12.7 Å². The second-order valence-electron chi connectivity index (χ2n) is 6.22. The Morgan fingerprint density at radius 2 is 2.20 bits per heavy atom. The van der Waals surface area contributed by atoms with Gasteiger partial charge in [-0.05, 0) is 42.4 Å². The summed E-state index contributed by atoms with van der Waals surface area (Å²) in [6, 6.07) is 0. The zero-order valence-corrected chi connectivity index (χ0v) is 10.8. The molecule has 2 fully saturated rings. The van der Waals surface area contributed by atoms with Crippen molar-refractivity contribution in [2.45, 2.75) is 59.5 Å². The Morgan fingerprint density at radius 3 is 2.87 bits per heavy atom. The molecule has 1 nitrogen and oxygen atoms in total. The SMILES string of the molecule is CCC(C)C1(C)CC[C@H]2C(C)COC2C1.